The van der Waals surface area contributed by atoms with Crippen LogP contribution in [-0.4, -0.2) is 52.0 Å². The van der Waals surface area contributed by atoms with Gasteiger partial charge in [-0.15, -0.1) is 0 Å². The third-order valence-corrected chi connectivity index (χ3v) is 3.64. The zero-order valence-corrected chi connectivity index (χ0v) is 10.8. The van der Waals surface area contributed by atoms with Crippen LogP contribution < -0.4 is 0 Å². The minimum Gasteiger partial charge on any atom is -0.428 e. The Morgan fingerprint density at radius 2 is 2.11 bits per heavy atom. The molecule has 0 aliphatic heterocycles. The van der Waals surface area contributed by atoms with E-state index in [0.717, 1.165) is 22.8 Å². The molecular weight excluding hydrogens is 146 g/mol. The lowest BCUT2D eigenvalue weighted by Crippen LogP contribution is -2.29. The van der Waals surface area contributed by atoms with Gasteiger partial charge in [-0.1, -0.05) is 0 Å². The normalized spacial score (nSPS) is 15.0. The molecule has 0 aromatic rings. The van der Waals surface area contributed by atoms with Crippen LogP contribution in [0.25, 0.3) is 0 Å². The van der Waals surface area contributed by atoms with Gasteiger partial charge in [-0.05, 0) is 26.2 Å². The molecule has 9 heavy (non-hydrogen) atoms. The molecule has 0 rings (SSSR count). The van der Waals surface area contributed by atoms with Gasteiger partial charge in [-0.2, -0.15) is 0 Å². The van der Waals surface area contributed by atoms with Crippen molar-refractivity contribution in [1.29, 1.82) is 0 Å². The van der Waals surface area contributed by atoms with Gasteiger partial charge >= 0.3 is 0 Å². The molecule has 0 N–H and O–H groups in total. The number of rotatable bonds is 4. The third kappa shape index (κ3) is 4.83. The van der Waals surface area contributed by atoms with Crippen molar-refractivity contribution < 1.29 is 4.43 Å². The summed E-state index contributed by atoms with van der Waals surface area (Å²) in [6.07, 6.45) is 1.21. The molecule has 0 saturated heterocycles. The summed E-state index contributed by atoms with van der Waals surface area (Å²) in [6.45, 7) is 0.957. The summed E-state index contributed by atoms with van der Waals surface area (Å²) in [5.74, 6) is 0. The van der Waals surface area contributed by atoms with Gasteiger partial charge in [0.05, 0.1) is 0 Å². The Hall–Kier alpha value is 0.354. The molecular formula is C5H17NOSi2. The summed E-state index contributed by atoms with van der Waals surface area (Å²) in [4.78, 5) is 2.27. The summed E-state index contributed by atoms with van der Waals surface area (Å²) in [5.41, 5.74) is 0.791. The van der Waals surface area contributed by atoms with Crippen molar-refractivity contribution >= 4 is 20.7 Å². The predicted molar refractivity (Wildman–Crippen MR) is 47.9 cm³/mol. The average molecular weight is 163 g/mol. The molecule has 0 amide bonds. The fourth-order valence-electron chi connectivity index (χ4n) is 0.547. The molecule has 0 aliphatic carbocycles. The van der Waals surface area contributed by atoms with Crippen molar-refractivity contribution in [2.75, 3.05) is 20.7 Å². The molecule has 1 unspecified atom stereocenters. The highest BCUT2D eigenvalue weighted by molar-refractivity contribution is 6.11. The molecule has 0 aliphatic rings. The Balaban J connectivity index is 3.16. The van der Waals surface area contributed by atoms with Crippen molar-refractivity contribution in [2.24, 2.45) is 0 Å². The van der Waals surface area contributed by atoms with Crippen LogP contribution in [0.5, 0.6) is 0 Å². The molecule has 0 bridgehead atoms. The van der Waals surface area contributed by atoms with E-state index in [9.17, 15) is 0 Å². The molecule has 0 fully saturated rings. The van der Waals surface area contributed by atoms with Crippen molar-refractivity contribution in [1.82, 2.24) is 4.90 Å². The largest absolute Gasteiger partial charge is 0.428 e. The molecule has 1 atom stereocenters. The van der Waals surface area contributed by atoms with Crippen LogP contribution in [0.4, 0.5) is 0 Å². The number of hydrogen-bond donors (Lipinski definition) is 0. The standard InChI is InChI=1S/C5H17NOSi2/c1-6(2)5(8)3-4-7-9/h5H,3-4H2,1-2,8-9H3. The van der Waals surface area contributed by atoms with E-state index in [0.29, 0.717) is 0 Å². The molecule has 0 aromatic heterocycles. The van der Waals surface area contributed by atoms with Gasteiger partial charge in [-0.25, -0.2) is 0 Å². The zero-order chi connectivity index (χ0) is 7.28. The Morgan fingerprint density at radius 3 is 2.44 bits per heavy atom. The average Bonchev–Trinajstić information content (AvgIpc) is 1.82. The van der Waals surface area contributed by atoms with E-state index in [1.54, 1.807) is 0 Å². The van der Waals surface area contributed by atoms with Crippen molar-refractivity contribution in [3.63, 3.8) is 0 Å². The molecule has 2 nitrogen and oxygen atoms in total. The SMILES string of the molecule is CN(C)C([SiH3])CCO[SiH3]. The predicted octanol–water partition coefficient (Wildman–Crippen LogP) is -2.07. The van der Waals surface area contributed by atoms with Gasteiger partial charge in [0.2, 0.25) is 0 Å². The van der Waals surface area contributed by atoms with Crippen LogP contribution >= 0.6 is 0 Å². The van der Waals surface area contributed by atoms with E-state index in [-0.39, 0.29) is 0 Å². The molecule has 0 spiro atoms. The van der Waals surface area contributed by atoms with Crippen molar-refractivity contribution in [3.8, 4) is 0 Å². The van der Waals surface area contributed by atoms with Crippen LogP contribution in [0.3, 0.4) is 0 Å². The molecule has 0 saturated carbocycles. The van der Waals surface area contributed by atoms with Crippen LogP contribution in [0.15, 0.2) is 0 Å². The van der Waals surface area contributed by atoms with Gasteiger partial charge in [0.15, 0.2) is 0 Å². The van der Waals surface area contributed by atoms with E-state index in [1.165, 1.54) is 16.7 Å². The molecule has 4 heteroatoms. The second-order valence-electron chi connectivity index (χ2n) is 2.59. The minimum atomic E-state index is 0.791. The maximum absolute atomic E-state index is 5.10. The van der Waals surface area contributed by atoms with Crippen LogP contribution in [0.2, 0.25) is 0 Å². The first-order valence-electron chi connectivity index (χ1n) is 3.34. The highest BCUT2D eigenvalue weighted by Crippen LogP contribution is 1.92. The first-order valence-corrected chi connectivity index (χ1v) is 5.31. The monoisotopic (exact) mass is 163 g/mol. The summed E-state index contributed by atoms with van der Waals surface area (Å²) in [5, 5.41) is 0. The number of nitrogens with zero attached hydrogens (tertiary/aromatic N) is 1. The van der Waals surface area contributed by atoms with E-state index in [2.05, 4.69) is 19.0 Å². The zero-order valence-electron chi connectivity index (χ0n) is 6.85. The molecule has 56 valence electrons. The summed E-state index contributed by atoms with van der Waals surface area (Å²) in [6, 6.07) is 0. The quantitative estimate of drug-likeness (QED) is 0.442. The number of hydrogen-bond acceptors (Lipinski definition) is 2. The van der Waals surface area contributed by atoms with Gasteiger partial charge in [-0.3, -0.25) is 0 Å². The fraction of sp³-hybridized carbons (Fsp3) is 1.00. The van der Waals surface area contributed by atoms with Crippen LogP contribution in [-0.2, 0) is 4.43 Å². The maximum atomic E-state index is 5.10. The third-order valence-electron chi connectivity index (χ3n) is 1.62. The van der Waals surface area contributed by atoms with Gasteiger partial charge < -0.3 is 9.33 Å². The molecule has 0 heterocycles. The first kappa shape index (κ1) is 9.35. The summed E-state index contributed by atoms with van der Waals surface area (Å²) < 4.78 is 5.10. The minimum absolute atomic E-state index is 0.791. The second-order valence-corrected chi connectivity index (χ2v) is 4.50. The van der Waals surface area contributed by atoms with Gasteiger partial charge in [0.25, 0.3) is 0 Å². The summed E-state index contributed by atoms with van der Waals surface area (Å²) in [7, 11) is 6.40. The van der Waals surface area contributed by atoms with Gasteiger partial charge in [0.1, 0.15) is 10.5 Å². The lowest BCUT2D eigenvalue weighted by molar-refractivity contribution is 0.281. The Bertz CT molecular complexity index is 70.0. The topological polar surface area (TPSA) is 12.5 Å². The lowest BCUT2D eigenvalue weighted by Gasteiger charge is -2.18. The lowest BCUT2D eigenvalue weighted by atomic mass is 10.4. The smallest absolute Gasteiger partial charge is 0.145 e. The van der Waals surface area contributed by atoms with E-state index < -0.39 is 0 Å². The highest BCUT2D eigenvalue weighted by atomic mass is 28.2. The maximum Gasteiger partial charge on any atom is 0.145 e. The van der Waals surface area contributed by atoms with Crippen molar-refractivity contribution in [3.05, 3.63) is 0 Å². The van der Waals surface area contributed by atoms with E-state index >= 15 is 0 Å². The Labute approximate surface area is 63.5 Å². The highest BCUT2D eigenvalue weighted by Gasteiger charge is 2.01. The van der Waals surface area contributed by atoms with Crippen molar-refractivity contribution in [2.45, 2.75) is 12.1 Å². The molecule has 0 radical (unpaired) electrons. The van der Waals surface area contributed by atoms with Gasteiger partial charge in [0, 0.05) is 16.8 Å². The molecule has 0 aromatic carbocycles. The van der Waals surface area contributed by atoms with Crippen LogP contribution in [0, 0.1) is 0 Å². The first-order chi connectivity index (χ1) is 4.18. The summed E-state index contributed by atoms with van der Waals surface area (Å²) >= 11 is 0. The second kappa shape index (κ2) is 5.16. The van der Waals surface area contributed by atoms with E-state index in [1.807, 2.05) is 0 Å². The van der Waals surface area contributed by atoms with Crippen LogP contribution in [0.1, 0.15) is 6.42 Å². The van der Waals surface area contributed by atoms with E-state index in [4.69, 9.17) is 4.43 Å². The Kier molecular flexibility index (Phi) is 5.37. The Morgan fingerprint density at radius 1 is 1.56 bits per heavy atom. The fourth-order valence-corrected chi connectivity index (χ4v) is 1.02.